The van der Waals surface area contributed by atoms with E-state index in [-0.39, 0.29) is 11.9 Å². The van der Waals surface area contributed by atoms with E-state index in [0.29, 0.717) is 6.04 Å². The van der Waals surface area contributed by atoms with Gasteiger partial charge in [-0.05, 0) is 18.6 Å². The molecule has 0 aliphatic carbocycles. The van der Waals surface area contributed by atoms with Gasteiger partial charge in [-0.3, -0.25) is 4.79 Å². The number of nitrogens with zero attached hydrogens (tertiary/aromatic N) is 1. The molecule has 0 bridgehead atoms. The van der Waals surface area contributed by atoms with E-state index in [2.05, 4.69) is 19.2 Å². The fourth-order valence-electron chi connectivity index (χ4n) is 2.27. The lowest BCUT2D eigenvalue weighted by molar-refractivity contribution is -0.118. The molecule has 98 valence electrons. The number of ether oxygens (including phenoxy) is 1. The van der Waals surface area contributed by atoms with Crippen LogP contribution in [-0.4, -0.2) is 31.6 Å². The molecule has 4 nitrogen and oxygen atoms in total. The van der Waals surface area contributed by atoms with Gasteiger partial charge in [-0.1, -0.05) is 19.9 Å². The molecule has 1 amide bonds. The van der Waals surface area contributed by atoms with Gasteiger partial charge in [0.2, 0.25) is 5.91 Å². The number of carbonyl (C=O) groups is 1. The third-order valence-corrected chi connectivity index (χ3v) is 3.11. The number of benzene rings is 1. The molecule has 1 aliphatic rings. The average molecular weight is 248 g/mol. The average Bonchev–Trinajstić information content (AvgIpc) is 2.70. The summed E-state index contributed by atoms with van der Waals surface area (Å²) in [6.07, 6.45) is 0.855. The predicted molar refractivity (Wildman–Crippen MR) is 72.0 cm³/mol. The van der Waals surface area contributed by atoms with E-state index in [1.165, 1.54) is 0 Å². The summed E-state index contributed by atoms with van der Waals surface area (Å²) in [4.78, 5) is 14.1. The van der Waals surface area contributed by atoms with Gasteiger partial charge in [0.25, 0.3) is 0 Å². The largest absolute Gasteiger partial charge is 0.497 e. The molecule has 1 fully saturated rings. The number of anilines is 1. The lowest BCUT2D eigenvalue weighted by atomic mass is 10.2. The number of rotatable bonds is 4. The lowest BCUT2D eigenvalue weighted by Gasteiger charge is -2.19. The minimum Gasteiger partial charge on any atom is -0.497 e. The van der Waals surface area contributed by atoms with E-state index < -0.39 is 0 Å². The summed E-state index contributed by atoms with van der Waals surface area (Å²) in [5.74, 6) is 0.928. The third-order valence-electron chi connectivity index (χ3n) is 3.11. The third kappa shape index (κ3) is 2.64. The van der Waals surface area contributed by atoms with E-state index in [4.69, 9.17) is 4.74 Å². The van der Waals surface area contributed by atoms with Gasteiger partial charge in [-0.15, -0.1) is 0 Å². The molecule has 1 aromatic rings. The number of nitrogens with one attached hydrogen (secondary N) is 1. The first-order chi connectivity index (χ1) is 8.61. The zero-order chi connectivity index (χ0) is 13.1. The van der Waals surface area contributed by atoms with Gasteiger partial charge in [-0.25, -0.2) is 0 Å². The Morgan fingerprint density at radius 3 is 2.89 bits per heavy atom. The van der Waals surface area contributed by atoms with Gasteiger partial charge in [0.15, 0.2) is 0 Å². The van der Waals surface area contributed by atoms with Gasteiger partial charge in [-0.2, -0.15) is 0 Å². The van der Waals surface area contributed by atoms with Crippen molar-refractivity contribution in [2.24, 2.45) is 0 Å². The van der Waals surface area contributed by atoms with Crippen LogP contribution in [0.4, 0.5) is 5.69 Å². The highest BCUT2D eigenvalue weighted by molar-refractivity contribution is 5.99. The molecule has 1 aliphatic heterocycles. The number of methoxy groups -OCH3 is 1. The number of hydrogen-bond donors (Lipinski definition) is 1. The first-order valence-electron chi connectivity index (χ1n) is 6.33. The molecule has 18 heavy (non-hydrogen) atoms. The Morgan fingerprint density at radius 1 is 1.44 bits per heavy atom. The summed E-state index contributed by atoms with van der Waals surface area (Å²) >= 11 is 0. The fourth-order valence-corrected chi connectivity index (χ4v) is 2.27. The summed E-state index contributed by atoms with van der Waals surface area (Å²) in [5.41, 5.74) is 0.910. The van der Waals surface area contributed by atoms with Crippen LogP contribution in [0.3, 0.4) is 0 Å². The Bertz CT molecular complexity index is 432. The maximum Gasteiger partial charge on any atom is 0.244 e. The summed E-state index contributed by atoms with van der Waals surface area (Å²) < 4.78 is 5.19. The Kier molecular flexibility index (Phi) is 3.87. The molecular weight excluding hydrogens is 228 g/mol. The van der Waals surface area contributed by atoms with Crippen molar-refractivity contribution in [3.8, 4) is 5.75 Å². The summed E-state index contributed by atoms with van der Waals surface area (Å²) in [7, 11) is 1.63. The maximum atomic E-state index is 12.3. The molecule has 0 aromatic heterocycles. The van der Waals surface area contributed by atoms with E-state index in [0.717, 1.165) is 24.4 Å². The first-order valence-corrected chi connectivity index (χ1v) is 6.33. The van der Waals surface area contributed by atoms with E-state index in [1.807, 2.05) is 29.2 Å². The molecule has 4 heteroatoms. The minimum atomic E-state index is -0.0591. The Balaban J connectivity index is 2.12. The first kappa shape index (κ1) is 12.9. The second kappa shape index (κ2) is 5.40. The van der Waals surface area contributed by atoms with Gasteiger partial charge in [0, 0.05) is 24.3 Å². The number of hydrogen-bond acceptors (Lipinski definition) is 3. The Labute approximate surface area is 108 Å². The van der Waals surface area contributed by atoms with Crippen molar-refractivity contribution < 1.29 is 9.53 Å². The molecule has 0 spiro atoms. The van der Waals surface area contributed by atoms with E-state index in [9.17, 15) is 4.79 Å². The van der Waals surface area contributed by atoms with Crippen LogP contribution in [0.5, 0.6) is 5.75 Å². The van der Waals surface area contributed by atoms with Crippen molar-refractivity contribution in [2.45, 2.75) is 32.4 Å². The predicted octanol–water partition coefficient (Wildman–Crippen LogP) is 1.80. The van der Waals surface area contributed by atoms with Crippen molar-refractivity contribution in [1.82, 2.24) is 5.32 Å². The van der Waals surface area contributed by atoms with Crippen molar-refractivity contribution in [3.63, 3.8) is 0 Å². The summed E-state index contributed by atoms with van der Waals surface area (Å²) in [6, 6.07) is 7.90. The Morgan fingerprint density at radius 2 is 2.22 bits per heavy atom. The lowest BCUT2D eigenvalue weighted by Crippen LogP contribution is -2.41. The summed E-state index contributed by atoms with van der Waals surface area (Å²) in [5, 5.41) is 3.30. The smallest absolute Gasteiger partial charge is 0.244 e. The zero-order valence-electron chi connectivity index (χ0n) is 11.1. The van der Waals surface area contributed by atoms with Gasteiger partial charge >= 0.3 is 0 Å². The van der Waals surface area contributed by atoms with Crippen LogP contribution in [-0.2, 0) is 4.79 Å². The van der Waals surface area contributed by atoms with E-state index in [1.54, 1.807) is 7.11 Å². The number of amides is 1. The topological polar surface area (TPSA) is 41.6 Å². The van der Waals surface area contributed by atoms with Gasteiger partial charge in [0.1, 0.15) is 5.75 Å². The minimum absolute atomic E-state index is 0.0591. The molecule has 1 atom stereocenters. The SMILES string of the molecule is COc1cccc(N2CCC(NC(C)C)C2=O)c1. The van der Waals surface area contributed by atoms with Crippen LogP contribution in [0.2, 0.25) is 0 Å². The van der Waals surface area contributed by atoms with Gasteiger partial charge in [0.05, 0.1) is 13.2 Å². The van der Waals surface area contributed by atoms with Crippen LogP contribution >= 0.6 is 0 Å². The fraction of sp³-hybridized carbons (Fsp3) is 0.500. The maximum absolute atomic E-state index is 12.3. The highest BCUT2D eigenvalue weighted by Gasteiger charge is 2.32. The van der Waals surface area contributed by atoms with E-state index >= 15 is 0 Å². The van der Waals surface area contributed by atoms with Crippen molar-refractivity contribution >= 4 is 11.6 Å². The molecule has 1 heterocycles. The molecule has 1 saturated heterocycles. The quantitative estimate of drug-likeness (QED) is 0.883. The summed E-state index contributed by atoms with van der Waals surface area (Å²) in [6.45, 7) is 4.87. The highest BCUT2D eigenvalue weighted by atomic mass is 16.5. The second-order valence-corrected chi connectivity index (χ2v) is 4.85. The van der Waals surface area contributed by atoms with Crippen LogP contribution in [0, 0.1) is 0 Å². The molecule has 1 aromatic carbocycles. The highest BCUT2D eigenvalue weighted by Crippen LogP contribution is 2.25. The standard InChI is InChI=1S/C14H20N2O2/c1-10(2)15-13-7-8-16(14(13)17)11-5-4-6-12(9-11)18-3/h4-6,9-10,13,15H,7-8H2,1-3H3. The zero-order valence-corrected chi connectivity index (χ0v) is 11.1. The molecular formula is C14H20N2O2. The molecule has 0 saturated carbocycles. The van der Waals surface area contributed by atoms with Gasteiger partial charge < -0.3 is 15.0 Å². The molecule has 0 radical (unpaired) electrons. The second-order valence-electron chi connectivity index (χ2n) is 4.85. The van der Waals surface area contributed by atoms with Crippen LogP contribution in [0.15, 0.2) is 24.3 Å². The normalized spacial score (nSPS) is 19.7. The van der Waals surface area contributed by atoms with Crippen molar-refractivity contribution in [2.75, 3.05) is 18.6 Å². The monoisotopic (exact) mass is 248 g/mol. The Hall–Kier alpha value is -1.55. The molecule has 2 rings (SSSR count). The van der Waals surface area contributed by atoms with Crippen molar-refractivity contribution in [1.29, 1.82) is 0 Å². The molecule has 1 N–H and O–H groups in total. The number of carbonyl (C=O) groups excluding carboxylic acids is 1. The van der Waals surface area contributed by atoms with Crippen LogP contribution in [0.25, 0.3) is 0 Å². The van der Waals surface area contributed by atoms with Crippen LogP contribution < -0.4 is 15.0 Å². The van der Waals surface area contributed by atoms with Crippen molar-refractivity contribution in [3.05, 3.63) is 24.3 Å². The molecule has 1 unspecified atom stereocenters. The van der Waals surface area contributed by atoms with Crippen LogP contribution in [0.1, 0.15) is 20.3 Å².